The first kappa shape index (κ1) is 24.6. The number of rotatable bonds is 7. The second kappa shape index (κ2) is 10.8. The summed E-state index contributed by atoms with van der Waals surface area (Å²) >= 11 is 1.36. The van der Waals surface area contributed by atoms with Crippen LogP contribution in [0.2, 0.25) is 0 Å². The molecule has 3 heterocycles. The minimum absolute atomic E-state index is 0.146. The molecule has 0 bridgehead atoms. The third kappa shape index (κ3) is 6.11. The maximum Gasteiger partial charge on any atom is 0.251 e. The Balaban J connectivity index is 1.47. The van der Waals surface area contributed by atoms with Crippen LogP contribution in [0.1, 0.15) is 33.1 Å². The van der Waals surface area contributed by atoms with Crippen LogP contribution in [0.15, 0.2) is 24.3 Å². The number of morpholine rings is 1. The molecular weight excluding hydrogens is 459 g/mol. The second-order valence-electron chi connectivity index (χ2n) is 9.17. The Labute approximate surface area is 202 Å². The van der Waals surface area contributed by atoms with Gasteiger partial charge < -0.3 is 19.7 Å². The van der Waals surface area contributed by atoms with Crippen molar-refractivity contribution in [3.05, 3.63) is 30.1 Å². The van der Waals surface area contributed by atoms with Gasteiger partial charge in [0.25, 0.3) is 5.91 Å². The lowest BCUT2D eigenvalue weighted by Gasteiger charge is -2.28. The average Bonchev–Trinajstić information content (AvgIpc) is 3.24. The minimum atomic E-state index is -1.11. The molecular formula is C24H31FN4O4S. The molecule has 2 fully saturated rings. The maximum atomic E-state index is 13.5. The van der Waals surface area contributed by atoms with Crippen LogP contribution < -0.4 is 15.5 Å². The highest BCUT2D eigenvalue weighted by molar-refractivity contribution is 7.20. The fourth-order valence-electron chi connectivity index (χ4n) is 4.06. The highest BCUT2D eigenvalue weighted by Crippen LogP contribution is 2.39. The van der Waals surface area contributed by atoms with Gasteiger partial charge in [-0.3, -0.25) is 14.9 Å². The highest BCUT2D eigenvalue weighted by Gasteiger charge is 2.32. The van der Waals surface area contributed by atoms with E-state index in [1.807, 2.05) is 0 Å². The highest BCUT2D eigenvalue weighted by atomic mass is 32.1. The largest absolute Gasteiger partial charge is 0.381 e. The van der Waals surface area contributed by atoms with Gasteiger partial charge in [0.1, 0.15) is 22.1 Å². The van der Waals surface area contributed by atoms with Crippen molar-refractivity contribution >= 4 is 33.3 Å². The molecule has 10 heteroatoms. The fourth-order valence-corrected chi connectivity index (χ4v) is 5.10. The minimum Gasteiger partial charge on any atom is -0.381 e. The van der Waals surface area contributed by atoms with Crippen molar-refractivity contribution in [1.29, 1.82) is 0 Å². The van der Waals surface area contributed by atoms with Crippen LogP contribution in [-0.4, -0.2) is 61.9 Å². The van der Waals surface area contributed by atoms with Crippen molar-refractivity contribution in [2.75, 3.05) is 49.7 Å². The van der Waals surface area contributed by atoms with Gasteiger partial charge in [-0.2, -0.15) is 0 Å². The molecule has 8 nitrogen and oxygen atoms in total. The van der Waals surface area contributed by atoms with Gasteiger partial charge in [-0.25, -0.2) is 9.37 Å². The summed E-state index contributed by atoms with van der Waals surface area (Å²) in [6, 6.07) is 6.15. The van der Waals surface area contributed by atoms with E-state index in [4.69, 9.17) is 9.47 Å². The average molecular weight is 491 g/mol. The smallest absolute Gasteiger partial charge is 0.251 e. The lowest BCUT2D eigenvalue weighted by atomic mass is 9.95. The summed E-state index contributed by atoms with van der Waals surface area (Å²) in [6.07, 6.45) is 2.10. The van der Waals surface area contributed by atoms with Crippen molar-refractivity contribution < 1.29 is 23.5 Å². The van der Waals surface area contributed by atoms with Crippen molar-refractivity contribution in [1.82, 2.24) is 10.3 Å². The zero-order valence-corrected chi connectivity index (χ0v) is 20.4. The van der Waals surface area contributed by atoms with E-state index in [1.165, 1.54) is 23.5 Å². The molecule has 0 aliphatic carbocycles. The van der Waals surface area contributed by atoms with Gasteiger partial charge in [-0.15, -0.1) is 0 Å². The van der Waals surface area contributed by atoms with Gasteiger partial charge in [0.15, 0.2) is 5.13 Å². The first-order chi connectivity index (χ1) is 16.3. The third-order valence-electron chi connectivity index (χ3n) is 6.08. The van der Waals surface area contributed by atoms with E-state index in [0.717, 1.165) is 23.4 Å². The molecule has 2 aliphatic heterocycles. The predicted octanol–water partition coefficient (Wildman–Crippen LogP) is 3.44. The van der Waals surface area contributed by atoms with Crippen LogP contribution in [0.4, 0.5) is 14.5 Å². The molecule has 0 atom stereocenters. The van der Waals surface area contributed by atoms with Crippen molar-refractivity contribution in [3.63, 3.8) is 0 Å². The lowest BCUT2D eigenvalue weighted by molar-refractivity contribution is -0.130. The van der Waals surface area contributed by atoms with Crippen molar-refractivity contribution in [2.24, 2.45) is 5.92 Å². The number of halogens is 1. The van der Waals surface area contributed by atoms with E-state index in [9.17, 15) is 14.0 Å². The number of carbonyl (C=O) groups is 2. The molecule has 1 aromatic heterocycles. The molecule has 2 aliphatic rings. The van der Waals surface area contributed by atoms with E-state index in [-0.39, 0.29) is 23.5 Å². The van der Waals surface area contributed by atoms with Crippen LogP contribution in [0.3, 0.4) is 0 Å². The fraction of sp³-hybridized carbons (Fsp3) is 0.542. The number of nitrogens with one attached hydrogen (secondary N) is 2. The quantitative estimate of drug-likeness (QED) is 0.618. The maximum absolute atomic E-state index is 13.5. The van der Waals surface area contributed by atoms with E-state index in [2.05, 4.69) is 20.5 Å². The summed E-state index contributed by atoms with van der Waals surface area (Å²) in [5.74, 6) is -0.535. The second-order valence-corrected chi connectivity index (χ2v) is 10.1. The van der Waals surface area contributed by atoms with E-state index in [1.54, 1.807) is 26.0 Å². The molecule has 34 heavy (non-hydrogen) atoms. The summed E-state index contributed by atoms with van der Waals surface area (Å²) < 4.78 is 24.3. The van der Waals surface area contributed by atoms with Crippen LogP contribution in [0, 0.1) is 11.7 Å². The predicted molar refractivity (Wildman–Crippen MR) is 130 cm³/mol. The standard InChI is InChI=1S/C24H31FN4O4S/c1-24(2,28-19(30)15-16-7-11-32-12-8-16)22(31)27-23-26-20(17-3-5-18(25)6-4-17)21(34-23)29-9-13-33-14-10-29/h3-6,16H,7-15H2,1-2H3,(H,28,30)(H,26,27,31). The molecule has 2 amide bonds. The molecule has 0 unspecified atom stereocenters. The SMILES string of the molecule is CC(C)(NC(=O)CC1CCOCC1)C(=O)Nc1nc(-c2ccc(F)cc2)c(N2CCOCC2)s1. The van der Waals surface area contributed by atoms with Gasteiger partial charge >= 0.3 is 0 Å². The number of hydrogen-bond donors (Lipinski definition) is 2. The topological polar surface area (TPSA) is 92.8 Å². The van der Waals surface area contributed by atoms with E-state index < -0.39 is 5.54 Å². The number of ether oxygens (including phenoxy) is 2. The summed E-state index contributed by atoms with van der Waals surface area (Å²) in [5.41, 5.74) is 0.343. The summed E-state index contributed by atoms with van der Waals surface area (Å²) in [5, 5.41) is 7.06. The lowest BCUT2D eigenvalue weighted by Crippen LogP contribution is -2.52. The summed E-state index contributed by atoms with van der Waals surface area (Å²) in [4.78, 5) is 32.5. The van der Waals surface area contributed by atoms with Gasteiger partial charge in [0, 0.05) is 38.3 Å². The number of carbonyl (C=O) groups excluding carboxylic acids is 2. The molecule has 2 N–H and O–H groups in total. The Morgan fingerprint density at radius 1 is 1.12 bits per heavy atom. The third-order valence-corrected chi connectivity index (χ3v) is 7.11. The summed E-state index contributed by atoms with van der Waals surface area (Å²) in [6.45, 7) is 7.34. The van der Waals surface area contributed by atoms with Gasteiger partial charge in [-0.05, 0) is 56.9 Å². The molecule has 1 aromatic carbocycles. The van der Waals surface area contributed by atoms with Crippen molar-refractivity contribution in [2.45, 2.75) is 38.6 Å². The van der Waals surface area contributed by atoms with Gasteiger partial charge in [-0.1, -0.05) is 11.3 Å². The van der Waals surface area contributed by atoms with Crippen molar-refractivity contribution in [3.8, 4) is 11.3 Å². The molecule has 0 saturated carbocycles. The Morgan fingerprint density at radius 3 is 2.44 bits per heavy atom. The Morgan fingerprint density at radius 2 is 1.76 bits per heavy atom. The number of amides is 2. The van der Waals surface area contributed by atoms with Gasteiger partial charge in [0.2, 0.25) is 5.91 Å². The Hall–Kier alpha value is -2.56. The monoisotopic (exact) mass is 490 g/mol. The molecule has 0 radical (unpaired) electrons. The molecule has 0 spiro atoms. The zero-order valence-electron chi connectivity index (χ0n) is 19.6. The van der Waals surface area contributed by atoms with Crippen LogP contribution in [0.25, 0.3) is 11.3 Å². The number of anilines is 2. The summed E-state index contributed by atoms with van der Waals surface area (Å²) in [7, 11) is 0. The number of benzene rings is 1. The van der Waals surface area contributed by atoms with Crippen LogP contribution in [-0.2, 0) is 19.1 Å². The Bertz CT molecular complexity index is 999. The molecule has 184 valence electrons. The van der Waals surface area contributed by atoms with Crippen LogP contribution in [0.5, 0.6) is 0 Å². The van der Waals surface area contributed by atoms with Gasteiger partial charge in [0.05, 0.1) is 13.2 Å². The number of aromatic nitrogens is 1. The van der Waals surface area contributed by atoms with E-state index >= 15 is 0 Å². The molecule has 2 saturated heterocycles. The first-order valence-electron chi connectivity index (χ1n) is 11.6. The van der Waals surface area contributed by atoms with Crippen LogP contribution >= 0.6 is 11.3 Å². The number of thiazole rings is 1. The number of hydrogen-bond acceptors (Lipinski definition) is 7. The molecule has 2 aromatic rings. The molecule has 4 rings (SSSR count). The first-order valence-corrected chi connectivity index (χ1v) is 12.4. The number of nitrogens with zero attached hydrogens (tertiary/aromatic N) is 2. The normalized spacial score (nSPS) is 17.4. The zero-order chi connectivity index (χ0) is 24.1. The Kier molecular flexibility index (Phi) is 7.80. The van der Waals surface area contributed by atoms with E-state index in [0.29, 0.717) is 56.8 Å².